The van der Waals surface area contributed by atoms with E-state index in [4.69, 9.17) is 5.11 Å². The first-order valence-corrected chi connectivity index (χ1v) is 5.17. The first-order chi connectivity index (χ1) is 7.65. The molecular weight excluding hydrogens is 210 g/mol. The van der Waals surface area contributed by atoms with E-state index in [2.05, 4.69) is 10.4 Å². The third-order valence-electron chi connectivity index (χ3n) is 2.05. The number of amides is 1. The van der Waals surface area contributed by atoms with Gasteiger partial charge < -0.3 is 10.4 Å². The number of carbonyl (C=O) groups excluding carboxylic acids is 1. The number of aliphatic carboxylic acids is 1. The van der Waals surface area contributed by atoms with Gasteiger partial charge in [0.25, 0.3) is 5.91 Å². The van der Waals surface area contributed by atoms with Gasteiger partial charge in [0.2, 0.25) is 0 Å². The molecule has 0 unspecified atom stereocenters. The number of carboxylic acids is 1. The monoisotopic (exact) mass is 225 g/mol. The molecule has 1 rings (SSSR count). The van der Waals surface area contributed by atoms with Crippen LogP contribution in [0.2, 0.25) is 0 Å². The standard InChI is InChI=1S/C10H15N3O3/c1-2-3-5-11-10(16)8-4-6-12-13(8)7-9(14)15/h4,6H,2-3,5,7H2,1H3,(H,11,16)(H,14,15). The van der Waals surface area contributed by atoms with E-state index in [1.807, 2.05) is 6.92 Å². The maximum absolute atomic E-state index is 11.6. The Morgan fingerprint density at radius 3 is 2.94 bits per heavy atom. The van der Waals surface area contributed by atoms with E-state index in [0.29, 0.717) is 6.54 Å². The lowest BCUT2D eigenvalue weighted by Crippen LogP contribution is -2.28. The number of nitrogens with zero attached hydrogens (tertiary/aromatic N) is 2. The van der Waals surface area contributed by atoms with Crippen molar-refractivity contribution in [2.24, 2.45) is 0 Å². The predicted molar refractivity (Wildman–Crippen MR) is 57.1 cm³/mol. The zero-order valence-electron chi connectivity index (χ0n) is 9.14. The largest absolute Gasteiger partial charge is 0.480 e. The average Bonchev–Trinajstić information content (AvgIpc) is 2.65. The normalized spacial score (nSPS) is 10.1. The highest BCUT2D eigenvalue weighted by Crippen LogP contribution is 1.99. The molecule has 0 aromatic carbocycles. The molecule has 0 radical (unpaired) electrons. The van der Waals surface area contributed by atoms with Crippen molar-refractivity contribution in [3.63, 3.8) is 0 Å². The molecule has 0 fully saturated rings. The highest BCUT2D eigenvalue weighted by Gasteiger charge is 2.12. The Morgan fingerprint density at radius 2 is 2.31 bits per heavy atom. The molecule has 0 saturated carbocycles. The second-order valence-electron chi connectivity index (χ2n) is 3.38. The molecule has 0 saturated heterocycles. The van der Waals surface area contributed by atoms with Crippen LogP contribution < -0.4 is 5.32 Å². The first kappa shape index (κ1) is 12.2. The Labute approximate surface area is 93.3 Å². The number of hydrogen-bond donors (Lipinski definition) is 2. The van der Waals surface area contributed by atoms with Crippen LogP contribution in [0.5, 0.6) is 0 Å². The van der Waals surface area contributed by atoms with E-state index in [-0.39, 0.29) is 18.1 Å². The fraction of sp³-hybridized carbons (Fsp3) is 0.500. The van der Waals surface area contributed by atoms with Gasteiger partial charge in [0.05, 0.1) is 0 Å². The van der Waals surface area contributed by atoms with Crippen LogP contribution in [-0.2, 0) is 11.3 Å². The molecule has 6 heteroatoms. The summed E-state index contributed by atoms with van der Waals surface area (Å²) >= 11 is 0. The summed E-state index contributed by atoms with van der Waals surface area (Å²) in [5.74, 6) is -1.31. The molecule has 16 heavy (non-hydrogen) atoms. The van der Waals surface area contributed by atoms with E-state index >= 15 is 0 Å². The van der Waals surface area contributed by atoms with Crippen molar-refractivity contribution in [1.29, 1.82) is 0 Å². The number of carbonyl (C=O) groups is 2. The van der Waals surface area contributed by atoms with E-state index in [0.717, 1.165) is 12.8 Å². The topological polar surface area (TPSA) is 84.2 Å². The summed E-state index contributed by atoms with van der Waals surface area (Å²) in [6.07, 6.45) is 3.31. The second-order valence-corrected chi connectivity index (χ2v) is 3.38. The van der Waals surface area contributed by atoms with Gasteiger partial charge in [-0.25, -0.2) is 4.68 Å². The lowest BCUT2D eigenvalue weighted by Gasteiger charge is -2.05. The van der Waals surface area contributed by atoms with Crippen molar-refractivity contribution in [2.75, 3.05) is 6.54 Å². The van der Waals surface area contributed by atoms with Gasteiger partial charge in [-0.15, -0.1) is 0 Å². The Balaban J connectivity index is 2.61. The third kappa shape index (κ3) is 3.38. The molecule has 0 aliphatic heterocycles. The minimum absolute atomic E-state index is 0.276. The van der Waals surface area contributed by atoms with Gasteiger partial charge in [-0.2, -0.15) is 5.10 Å². The summed E-state index contributed by atoms with van der Waals surface area (Å²) in [6.45, 7) is 2.32. The summed E-state index contributed by atoms with van der Waals surface area (Å²) in [4.78, 5) is 22.1. The lowest BCUT2D eigenvalue weighted by atomic mass is 10.3. The number of carboxylic acid groups (broad SMARTS) is 1. The quantitative estimate of drug-likeness (QED) is 0.690. The molecule has 0 spiro atoms. The third-order valence-corrected chi connectivity index (χ3v) is 2.05. The maximum atomic E-state index is 11.6. The zero-order valence-corrected chi connectivity index (χ0v) is 9.14. The molecule has 6 nitrogen and oxygen atoms in total. The van der Waals surface area contributed by atoms with Crippen molar-refractivity contribution in [1.82, 2.24) is 15.1 Å². The molecule has 1 heterocycles. The van der Waals surface area contributed by atoms with Gasteiger partial charge in [0, 0.05) is 12.7 Å². The average molecular weight is 225 g/mol. The molecule has 0 aliphatic rings. The van der Waals surface area contributed by atoms with E-state index in [1.165, 1.54) is 16.9 Å². The fourth-order valence-electron chi connectivity index (χ4n) is 1.25. The van der Waals surface area contributed by atoms with Crippen molar-refractivity contribution >= 4 is 11.9 Å². The zero-order chi connectivity index (χ0) is 12.0. The number of unbranched alkanes of at least 4 members (excludes halogenated alkanes) is 1. The Bertz CT molecular complexity index is 373. The summed E-state index contributed by atoms with van der Waals surface area (Å²) < 4.78 is 1.17. The SMILES string of the molecule is CCCCNC(=O)c1ccnn1CC(=O)O. The predicted octanol–water partition coefficient (Wildman–Crippen LogP) is 0.498. The van der Waals surface area contributed by atoms with Crippen molar-refractivity contribution < 1.29 is 14.7 Å². The molecule has 1 aromatic rings. The lowest BCUT2D eigenvalue weighted by molar-refractivity contribution is -0.137. The highest BCUT2D eigenvalue weighted by molar-refractivity contribution is 5.92. The number of aromatic nitrogens is 2. The molecule has 1 amide bonds. The summed E-state index contributed by atoms with van der Waals surface area (Å²) in [5, 5.41) is 15.1. The summed E-state index contributed by atoms with van der Waals surface area (Å²) in [5.41, 5.74) is 0.276. The van der Waals surface area contributed by atoms with Crippen LogP contribution in [-0.4, -0.2) is 33.3 Å². The van der Waals surface area contributed by atoms with Crippen LogP contribution in [0.3, 0.4) is 0 Å². The molecule has 0 bridgehead atoms. The number of nitrogens with one attached hydrogen (secondary N) is 1. The van der Waals surface area contributed by atoms with Gasteiger partial charge in [0.1, 0.15) is 12.2 Å². The molecule has 0 atom stereocenters. The second kappa shape index (κ2) is 5.89. The Morgan fingerprint density at radius 1 is 1.56 bits per heavy atom. The molecule has 2 N–H and O–H groups in total. The number of rotatable bonds is 6. The van der Waals surface area contributed by atoms with E-state index < -0.39 is 5.97 Å². The summed E-state index contributed by atoms with van der Waals surface area (Å²) in [7, 11) is 0. The van der Waals surface area contributed by atoms with Crippen LogP contribution in [0.25, 0.3) is 0 Å². The van der Waals surface area contributed by atoms with Gasteiger partial charge in [-0.05, 0) is 12.5 Å². The molecular formula is C10H15N3O3. The van der Waals surface area contributed by atoms with Gasteiger partial charge in [0.15, 0.2) is 0 Å². The number of hydrogen-bond acceptors (Lipinski definition) is 3. The van der Waals surface area contributed by atoms with Crippen LogP contribution in [0.4, 0.5) is 0 Å². The molecule has 88 valence electrons. The first-order valence-electron chi connectivity index (χ1n) is 5.17. The van der Waals surface area contributed by atoms with Crippen LogP contribution >= 0.6 is 0 Å². The van der Waals surface area contributed by atoms with Crippen molar-refractivity contribution in [3.05, 3.63) is 18.0 Å². The molecule has 0 aliphatic carbocycles. The van der Waals surface area contributed by atoms with Gasteiger partial charge >= 0.3 is 5.97 Å². The minimum atomic E-state index is -1.02. The molecule has 1 aromatic heterocycles. The Hall–Kier alpha value is -1.85. The van der Waals surface area contributed by atoms with E-state index in [1.54, 1.807) is 0 Å². The van der Waals surface area contributed by atoms with Crippen molar-refractivity contribution in [2.45, 2.75) is 26.3 Å². The van der Waals surface area contributed by atoms with E-state index in [9.17, 15) is 9.59 Å². The van der Waals surface area contributed by atoms with Crippen LogP contribution in [0, 0.1) is 0 Å². The maximum Gasteiger partial charge on any atom is 0.325 e. The van der Waals surface area contributed by atoms with Crippen molar-refractivity contribution in [3.8, 4) is 0 Å². The van der Waals surface area contributed by atoms with Gasteiger partial charge in [-0.1, -0.05) is 13.3 Å². The Kier molecular flexibility index (Phi) is 4.50. The highest BCUT2D eigenvalue weighted by atomic mass is 16.4. The smallest absolute Gasteiger partial charge is 0.325 e. The van der Waals surface area contributed by atoms with Crippen LogP contribution in [0.15, 0.2) is 12.3 Å². The fourth-order valence-corrected chi connectivity index (χ4v) is 1.25. The van der Waals surface area contributed by atoms with Gasteiger partial charge in [-0.3, -0.25) is 9.59 Å². The van der Waals surface area contributed by atoms with Crippen LogP contribution in [0.1, 0.15) is 30.3 Å². The summed E-state index contributed by atoms with van der Waals surface area (Å²) in [6, 6.07) is 1.50. The minimum Gasteiger partial charge on any atom is -0.480 e.